The van der Waals surface area contributed by atoms with Gasteiger partial charge in [-0.25, -0.2) is 0 Å². The lowest BCUT2D eigenvalue weighted by atomic mass is 9.96. The Morgan fingerprint density at radius 2 is 1.89 bits per heavy atom. The lowest BCUT2D eigenvalue weighted by Crippen LogP contribution is -2.45. The predicted octanol–water partition coefficient (Wildman–Crippen LogP) is 2.61. The van der Waals surface area contributed by atoms with Crippen molar-refractivity contribution in [3.63, 3.8) is 0 Å². The molecule has 1 atom stereocenters. The molecule has 1 aromatic rings. The SMILES string of the molecule is CCCNC(=O)C1CCCN(C(=O)CCCNC(=O)c2ccc(Cl)cc2)C1. The average molecular weight is 394 g/mol. The van der Waals surface area contributed by atoms with Crippen molar-refractivity contribution in [2.75, 3.05) is 26.2 Å². The first-order valence-corrected chi connectivity index (χ1v) is 9.98. The summed E-state index contributed by atoms with van der Waals surface area (Å²) < 4.78 is 0. The van der Waals surface area contributed by atoms with E-state index in [-0.39, 0.29) is 23.6 Å². The number of hydrogen-bond donors (Lipinski definition) is 2. The molecule has 0 radical (unpaired) electrons. The van der Waals surface area contributed by atoms with Crippen LogP contribution in [-0.2, 0) is 9.59 Å². The van der Waals surface area contributed by atoms with Crippen molar-refractivity contribution in [1.29, 1.82) is 0 Å². The molecule has 148 valence electrons. The number of likely N-dealkylation sites (tertiary alicyclic amines) is 1. The van der Waals surface area contributed by atoms with Crippen LogP contribution in [0.25, 0.3) is 0 Å². The van der Waals surface area contributed by atoms with E-state index in [0.717, 1.165) is 19.3 Å². The molecular formula is C20H28ClN3O3. The molecule has 0 spiro atoms. The molecule has 1 aromatic carbocycles. The summed E-state index contributed by atoms with van der Waals surface area (Å²) in [6.07, 6.45) is 3.52. The standard InChI is InChI=1S/C20H28ClN3O3/c1-2-11-22-20(27)16-5-4-13-24(14-16)18(25)6-3-12-23-19(26)15-7-9-17(21)10-8-15/h7-10,16H,2-6,11-14H2,1H3,(H,22,27)(H,23,26). The minimum atomic E-state index is -0.176. The fourth-order valence-electron chi connectivity index (χ4n) is 3.11. The number of rotatable bonds is 8. The van der Waals surface area contributed by atoms with Crippen LogP contribution in [0, 0.1) is 5.92 Å². The minimum absolute atomic E-state index is 0.0451. The Morgan fingerprint density at radius 3 is 2.59 bits per heavy atom. The van der Waals surface area contributed by atoms with Gasteiger partial charge in [0, 0.05) is 43.2 Å². The van der Waals surface area contributed by atoms with Crippen LogP contribution in [0.5, 0.6) is 0 Å². The second kappa shape index (κ2) is 10.9. The summed E-state index contributed by atoms with van der Waals surface area (Å²) in [5.74, 6) is -0.197. The predicted molar refractivity (Wildman–Crippen MR) is 106 cm³/mol. The lowest BCUT2D eigenvalue weighted by molar-refractivity contribution is -0.135. The molecule has 1 unspecified atom stereocenters. The zero-order valence-corrected chi connectivity index (χ0v) is 16.6. The Kier molecular flexibility index (Phi) is 8.58. The third kappa shape index (κ3) is 6.86. The van der Waals surface area contributed by atoms with E-state index in [0.29, 0.717) is 49.6 Å². The highest BCUT2D eigenvalue weighted by atomic mass is 35.5. The molecule has 1 fully saturated rings. The first kappa shape index (κ1) is 21.2. The molecule has 0 bridgehead atoms. The van der Waals surface area contributed by atoms with Crippen molar-refractivity contribution in [2.24, 2.45) is 5.92 Å². The number of carbonyl (C=O) groups is 3. The smallest absolute Gasteiger partial charge is 0.251 e. The summed E-state index contributed by atoms with van der Waals surface area (Å²) >= 11 is 5.81. The van der Waals surface area contributed by atoms with Gasteiger partial charge in [0.15, 0.2) is 0 Å². The van der Waals surface area contributed by atoms with E-state index in [1.807, 2.05) is 6.92 Å². The molecular weight excluding hydrogens is 366 g/mol. The highest BCUT2D eigenvalue weighted by Crippen LogP contribution is 2.18. The number of benzene rings is 1. The van der Waals surface area contributed by atoms with Gasteiger partial charge in [-0.3, -0.25) is 14.4 Å². The van der Waals surface area contributed by atoms with E-state index >= 15 is 0 Å². The van der Waals surface area contributed by atoms with Crippen LogP contribution in [0.4, 0.5) is 0 Å². The Hall–Kier alpha value is -2.08. The molecule has 6 nitrogen and oxygen atoms in total. The molecule has 2 N–H and O–H groups in total. The zero-order chi connectivity index (χ0) is 19.6. The van der Waals surface area contributed by atoms with Gasteiger partial charge in [0.25, 0.3) is 5.91 Å². The molecule has 1 aliphatic rings. The molecule has 27 heavy (non-hydrogen) atoms. The third-order valence-electron chi connectivity index (χ3n) is 4.65. The molecule has 3 amide bonds. The number of amides is 3. The van der Waals surface area contributed by atoms with Gasteiger partial charge in [-0.2, -0.15) is 0 Å². The van der Waals surface area contributed by atoms with Gasteiger partial charge >= 0.3 is 0 Å². The Morgan fingerprint density at radius 1 is 1.15 bits per heavy atom. The molecule has 1 aliphatic heterocycles. The number of nitrogens with one attached hydrogen (secondary N) is 2. The van der Waals surface area contributed by atoms with Crippen molar-refractivity contribution in [3.8, 4) is 0 Å². The summed E-state index contributed by atoms with van der Waals surface area (Å²) in [7, 11) is 0. The van der Waals surface area contributed by atoms with E-state index in [4.69, 9.17) is 11.6 Å². The van der Waals surface area contributed by atoms with Crippen LogP contribution in [0.2, 0.25) is 5.02 Å². The van der Waals surface area contributed by atoms with Crippen LogP contribution in [0.3, 0.4) is 0 Å². The average Bonchev–Trinajstić information content (AvgIpc) is 2.69. The van der Waals surface area contributed by atoms with Crippen LogP contribution < -0.4 is 10.6 Å². The molecule has 2 rings (SSSR count). The maximum Gasteiger partial charge on any atom is 0.251 e. The van der Waals surface area contributed by atoms with Crippen molar-refractivity contribution in [3.05, 3.63) is 34.9 Å². The second-order valence-corrected chi connectivity index (χ2v) is 7.27. The van der Waals surface area contributed by atoms with E-state index in [2.05, 4.69) is 10.6 Å². The monoisotopic (exact) mass is 393 g/mol. The topological polar surface area (TPSA) is 78.5 Å². The quantitative estimate of drug-likeness (QED) is 0.666. The highest BCUT2D eigenvalue weighted by molar-refractivity contribution is 6.30. The number of carbonyl (C=O) groups excluding carboxylic acids is 3. The van der Waals surface area contributed by atoms with Crippen LogP contribution in [0.15, 0.2) is 24.3 Å². The van der Waals surface area contributed by atoms with Gasteiger partial charge in [0.05, 0.1) is 5.92 Å². The number of nitrogens with zero attached hydrogens (tertiary/aromatic N) is 1. The van der Waals surface area contributed by atoms with Gasteiger partial charge < -0.3 is 15.5 Å². The molecule has 0 aromatic heterocycles. The normalized spacial score (nSPS) is 16.7. The maximum atomic E-state index is 12.4. The van der Waals surface area contributed by atoms with Gasteiger partial charge in [-0.15, -0.1) is 0 Å². The highest BCUT2D eigenvalue weighted by Gasteiger charge is 2.27. The van der Waals surface area contributed by atoms with Gasteiger partial charge in [-0.05, 0) is 49.9 Å². The van der Waals surface area contributed by atoms with Crippen LogP contribution >= 0.6 is 11.6 Å². The van der Waals surface area contributed by atoms with Crippen molar-refractivity contribution < 1.29 is 14.4 Å². The minimum Gasteiger partial charge on any atom is -0.356 e. The Bertz CT molecular complexity index is 648. The largest absolute Gasteiger partial charge is 0.356 e. The molecule has 7 heteroatoms. The van der Waals surface area contributed by atoms with Crippen molar-refractivity contribution in [1.82, 2.24) is 15.5 Å². The van der Waals surface area contributed by atoms with Crippen molar-refractivity contribution >= 4 is 29.3 Å². The summed E-state index contributed by atoms with van der Waals surface area (Å²) in [5, 5.41) is 6.31. The number of hydrogen-bond acceptors (Lipinski definition) is 3. The van der Waals surface area contributed by atoms with Crippen LogP contribution in [0.1, 0.15) is 49.4 Å². The molecule has 0 saturated carbocycles. The van der Waals surface area contributed by atoms with E-state index in [1.54, 1.807) is 29.2 Å². The molecule has 0 aliphatic carbocycles. The summed E-state index contributed by atoms with van der Waals surface area (Å²) in [6, 6.07) is 6.67. The van der Waals surface area contributed by atoms with Gasteiger partial charge in [0.1, 0.15) is 0 Å². The molecule has 1 saturated heterocycles. The van der Waals surface area contributed by atoms with E-state index < -0.39 is 0 Å². The van der Waals surface area contributed by atoms with Crippen LogP contribution in [-0.4, -0.2) is 48.8 Å². The third-order valence-corrected chi connectivity index (χ3v) is 4.91. The number of halogens is 1. The van der Waals surface area contributed by atoms with E-state index in [9.17, 15) is 14.4 Å². The van der Waals surface area contributed by atoms with E-state index in [1.165, 1.54) is 0 Å². The maximum absolute atomic E-state index is 12.4. The summed E-state index contributed by atoms with van der Waals surface area (Å²) in [6.45, 7) is 4.32. The zero-order valence-electron chi connectivity index (χ0n) is 15.8. The van der Waals surface area contributed by atoms with Gasteiger partial charge in [-0.1, -0.05) is 18.5 Å². The molecule has 1 heterocycles. The Balaban J connectivity index is 1.69. The Labute approximate surface area is 165 Å². The summed E-state index contributed by atoms with van der Waals surface area (Å²) in [5.41, 5.74) is 0.544. The lowest BCUT2D eigenvalue weighted by Gasteiger charge is -2.32. The summed E-state index contributed by atoms with van der Waals surface area (Å²) in [4.78, 5) is 38.3. The first-order chi connectivity index (χ1) is 13.0. The first-order valence-electron chi connectivity index (χ1n) is 9.60. The fourth-order valence-corrected chi connectivity index (χ4v) is 3.24. The van der Waals surface area contributed by atoms with Gasteiger partial charge in [0.2, 0.25) is 11.8 Å². The number of piperidine rings is 1. The second-order valence-electron chi connectivity index (χ2n) is 6.84. The van der Waals surface area contributed by atoms with Crippen molar-refractivity contribution in [2.45, 2.75) is 39.0 Å². The fraction of sp³-hybridized carbons (Fsp3) is 0.550.